The maximum atomic E-state index is 11.0. The molecule has 1 aromatic heterocycles. The monoisotopic (exact) mass is 198 g/mol. The van der Waals surface area contributed by atoms with Gasteiger partial charge in [0.25, 0.3) is 5.82 Å². The van der Waals surface area contributed by atoms with Crippen LogP contribution < -0.4 is 15.8 Å². The summed E-state index contributed by atoms with van der Waals surface area (Å²) in [7, 11) is 1.88. The SMILES string of the molecule is CCn1nc(CC(=O)NN)[n+](C)c1C. The van der Waals surface area contributed by atoms with E-state index in [1.165, 1.54) is 0 Å². The maximum Gasteiger partial charge on any atom is 0.286 e. The molecular formula is C8H16N5O+. The molecule has 0 unspecified atom stereocenters. The third-order valence-corrected chi connectivity index (χ3v) is 2.26. The molecule has 0 aliphatic rings. The highest BCUT2D eigenvalue weighted by Crippen LogP contribution is 1.94. The van der Waals surface area contributed by atoms with Crippen LogP contribution in [-0.2, 0) is 24.8 Å². The van der Waals surface area contributed by atoms with E-state index in [9.17, 15) is 4.79 Å². The van der Waals surface area contributed by atoms with Crippen LogP contribution >= 0.6 is 0 Å². The Morgan fingerprint density at radius 1 is 1.71 bits per heavy atom. The van der Waals surface area contributed by atoms with E-state index >= 15 is 0 Å². The van der Waals surface area contributed by atoms with E-state index in [1.807, 2.05) is 30.1 Å². The number of hydrazine groups is 1. The van der Waals surface area contributed by atoms with Crippen molar-refractivity contribution < 1.29 is 9.36 Å². The second-order valence-corrected chi connectivity index (χ2v) is 3.08. The largest absolute Gasteiger partial charge is 0.294 e. The van der Waals surface area contributed by atoms with Crippen molar-refractivity contribution in [2.45, 2.75) is 26.8 Å². The molecule has 0 fully saturated rings. The number of hydrogen-bond donors (Lipinski definition) is 2. The highest BCUT2D eigenvalue weighted by Gasteiger charge is 2.20. The average Bonchev–Trinajstić information content (AvgIpc) is 2.45. The van der Waals surface area contributed by atoms with E-state index in [1.54, 1.807) is 0 Å². The van der Waals surface area contributed by atoms with Gasteiger partial charge in [0.15, 0.2) is 0 Å². The summed E-state index contributed by atoms with van der Waals surface area (Å²) in [4.78, 5) is 11.0. The van der Waals surface area contributed by atoms with Crippen molar-refractivity contribution in [2.24, 2.45) is 12.9 Å². The van der Waals surface area contributed by atoms with Crippen molar-refractivity contribution in [3.8, 4) is 0 Å². The predicted octanol–water partition coefficient (Wildman–Crippen LogP) is -1.43. The van der Waals surface area contributed by atoms with E-state index in [0.29, 0.717) is 5.82 Å². The summed E-state index contributed by atoms with van der Waals surface area (Å²) in [5, 5.41) is 4.28. The van der Waals surface area contributed by atoms with Gasteiger partial charge in [-0.25, -0.2) is 10.4 Å². The molecule has 0 saturated heterocycles. The minimum absolute atomic E-state index is 0.209. The fourth-order valence-electron chi connectivity index (χ4n) is 1.29. The summed E-state index contributed by atoms with van der Waals surface area (Å²) in [5.41, 5.74) is 2.09. The van der Waals surface area contributed by atoms with E-state index < -0.39 is 0 Å². The zero-order chi connectivity index (χ0) is 10.7. The highest BCUT2D eigenvalue weighted by molar-refractivity contribution is 5.76. The normalized spacial score (nSPS) is 10.3. The summed E-state index contributed by atoms with van der Waals surface area (Å²) in [6.07, 6.45) is 0.209. The van der Waals surface area contributed by atoms with Gasteiger partial charge in [0.05, 0.1) is 7.05 Å². The van der Waals surface area contributed by atoms with Gasteiger partial charge in [-0.05, 0) is 6.92 Å². The van der Waals surface area contributed by atoms with E-state index in [2.05, 4.69) is 10.5 Å². The van der Waals surface area contributed by atoms with Crippen LogP contribution in [0.5, 0.6) is 0 Å². The molecule has 0 saturated carbocycles. The Labute approximate surface area is 82.7 Å². The minimum Gasteiger partial charge on any atom is -0.294 e. The van der Waals surface area contributed by atoms with Crippen molar-refractivity contribution in [2.75, 3.05) is 0 Å². The second-order valence-electron chi connectivity index (χ2n) is 3.08. The smallest absolute Gasteiger partial charge is 0.286 e. The number of carbonyl (C=O) groups is 1. The van der Waals surface area contributed by atoms with Crippen LogP contribution in [0.25, 0.3) is 0 Å². The molecule has 1 amide bonds. The molecule has 1 rings (SSSR count). The molecule has 1 aromatic rings. The number of carbonyl (C=O) groups excluding carboxylic acids is 1. The Bertz CT molecular complexity index is 344. The van der Waals surface area contributed by atoms with Gasteiger partial charge < -0.3 is 0 Å². The molecule has 6 heteroatoms. The summed E-state index contributed by atoms with van der Waals surface area (Å²) in [6.45, 7) is 4.76. The Hall–Kier alpha value is -1.43. The number of nitrogens with one attached hydrogen (secondary N) is 1. The number of nitrogens with zero attached hydrogens (tertiary/aromatic N) is 3. The molecule has 0 radical (unpaired) electrons. The Kier molecular flexibility index (Phi) is 3.19. The lowest BCUT2D eigenvalue weighted by Crippen LogP contribution is -2.39. The quantitative estimate of drug-likeness (QED) is 0.270. The highest BCUT2D eigenvalue weighted by atomic mass is 16.2. The lowest BCUT2D eigenvalue weighted by atomic mass is 10.4. The number of nitrogens with two attached hydrogens (primary N) is 1. The predicted molar refractivity (Wildman–Crippen MR) is 49.8 cm³/mol. The Balaban J connectivity index is 2.93. The van der Waals surface area contributed by atoms with Crippen LogP contribution in [0.1, 0.15) is 18.6 Å². The van der Waals surface area contributed by atoms with E-state index in [0.717, 1.165) is 12.4 Å². The lowest BCUT2D eigenvalue weighted by molar-refractivity contribution is -0.685. The standard InChI is InChI=1S/C8H15N5O/c1-4-13-6(2)12(3)7(11-13)5-8(14)10-9/h4-5,9H2,1-3H3/p+1. The van der Waals surface area contributed by atoms with E-state index in [4.69, 9.17) is 5.84 Å². The summed E-state index contributed by atoms with van der Waals surface area (Å²) < 4.78 is 3.73. The van der Waals surface area contributed by atoms with Crippen LogP contribution in [0.15, 0.2) is 0 Å². The number of hydrogen-bond acceptors (Lipinski definition) is 3. The topological polar surface area (TPSA) is 76.8 Å². The third-order valence-electron chi connectivity index (χ3n) is 2.26. The minimum atomic E-state index is -0.235. The first kappa shape index (κ1) is 10.6. The number of aromatic nitrogens is 3. The van der Waals surface area contributed by atoms with Crippen LogP contribution in [0.4, 0.5) is 0 Å². The molecule has 0 aliphatic carbocycles. The van der Waals surface area contributed by atoms with Gasteiger partial charge in [0.1, 0.15) is 13.0 Å². The first-order chi connectivity index (χ1) is 6.60. The third kappa shape index (κ3) is 1.90. The van der Waals surface area contributed by atoms with Crippen molar-refractivity contribution in [3.63, 3.8) is 0 Å². The molecule has 3 N–H and O–H groups in total. The summed E-state index contributed by atoms with van der Waals surface area (Å²) in [5.74, 6) is 6.50. The first-order valence-electron chi connectivity index (χ1n) is 4.51. The molecular weight excluding hydrogens is 182 g/mol. The molecule has 0 bridgehead atoms. The molecule has 14 heavy (non-hydrogen) atoms. The van der Waals surface area contributed by atoms with Gasteiger partial charge in [0.2, 0.25) is 11.7 Å². The van der Waals surface area contributed by atoms with Crippen molar-refractivity contribution in [3.05, 3.63) is 11.6 Å². The van der Waals surface area contributed by atoms with Gasteiger partial charge in [-0.3, -0.25) is 10.2 Å². The molecule has 0 spiro atoms. The molecule has 1 heterocycles. The zero-order valence-electron chi connectivity index (χ0n) is 8.74. The average molecular weight is 198 g/mol. The Morgan fingerprint density at radius 3 is 2.79 bits per heavy atom. The molecule has 6 nitrogen and oxygen atoms in total. The van der Waals surface area contributed by atoms with Crippen LogP contribution in [0.2, 0.25) is 0 Å². The molecule has 0 atom stereocenters. The fraction of sp³-hybridized carbons (Fsp3) is 0.625. The van der Waals surface area contributed by atoms with Gasteiger partial charge in [-0.1, -0.05) is 0 Å². The van der Waals surface area contributed by atoms with Gasteiger partial charge in [-0.2, -0.15) is 0 Å². The van der Waals surface area contributed by atoms with Crippen LogP contribution in [0.3, 0.4) is 0 Å². The fourth-order valence-corrected chi connectivity index (χ4v) is 1.29. The first-order valence-corrected chi connectivity index (χ1v) is 4.51. The van der Waals surface area contributed by atoms with E-state index in [-0.39, 0.29) is 12.3 Å². The summed E-state index contributed by atoms with van der Waals surface area (Å²) >= 11 is 0. The number of aryl methyl sites for hydroxylation is 1. The van der Waals surface area contributed by atoms with Crippen LogP contribution in [0, 0.1) is 6.92 Å². The maximum absolute atomic E-state index is 11.0. The number of amides is 1. The molecule has 0 aromatic carbocycles. The number of rotatable bonds is 3. The Morgan fingerprint density at radius 2 is 2.36 bits per heavy atom. The van der Waals surface area contributed by atoms with Crippen molar-refractivity contribution in [1.82, 2.24) is 15.2 Å². The van der Waals surface area contributed by atoms with Gasteiger partial charge in [0, 0.05) is 12.0 Å². The second kappa shape index (κ2) is 4.19. The summed E-state index contributed by atoms with van der Waals surface area (Å²) in [6, 6.07) is 0. The lowest BCUT2D eigenvalue weighted by Gasteiger charge is -1.93. The van der Waals surface area contributed by atoms with Gasteiger partial charge >= 0.3 is 0 Å². The zero-order valence-corrected chi connectivity index (χ0v) is 8.74. The molecule has 0 aliphatic heterocycles. The van der Waals surface area contributed by atoms with Gasteiger partial charge in [-0.15, -0.1) is 4.68 Å². The van der Waals surface area contributed by atoms with Crippen LogP contribution in [-0.4, -0.2) is 15.7 Å². The van der Waals surface area contributed by atoms with Crippen molar-refractivity contribution >= 4 is 5.91 Å². The molecule has 78 valence electrons. The van der Waals surface area contributed by atoms with Crippen molar-refractivity contribution in [1.29, 1.82) is 0 Å².